The molecule has 1 aromatic rings. The highest BCUT2D eigenvalue weighted by molar-refractivity contribution is 9.10. The van der Waals surface area contributed by atoms with E-state index in [1.54, 1.807) is 13.3 Å². The largest absolute Gasteiger partial charge is 0.496 e. The fourth-order valence-electron chi connectivity index (χ4n) is 4.94. The first-order valence-corrected chi connectivity index (χ1v) is 9.33. The molecule has 5 aliphatic rings. The number of benzene rings is 1. The summed E-state index contributed by atoms with van der Waals surface area (Å²) in [7, 11) is 1.60. The Morgan fingerprint density at radius 2 is 1.80 bits per heavy atom. The van der Waals surface area contributed by atoms with Gasteiger partial charge < -0.3 is 4.74 Å². The molecular weight excluding hydrogens is 384 g/mol. The number of carbonyl (C=O) groups excluding carboxylic acids is 2. The van der Waals surface area contributed by atoms with Crippen molar-refractivity contribution in [1.29, 1.82) is 0 Å². The average Bonchev–Trinajstić information content (AvgIpc) is 3.39. The summed E-state index contributed by atoms with van der Waals surface area (Å²) in [4.78, 5) is 25.6. The maximum absolute atomic E-state index is 12.8. The highest BCUT2D eigenvalue weighted by Crippen LogP contribution is 2.65. The number of allylic oxidation sites excluding steroid dienone is 2. The number of carbonyl (C=O) groups is 2. The van der Waals surface area contributed by atoms with Gasteiger partial charge in [-0.25, -0.2) is 0 Å². The molecule has 2 bridgehead atoms. The standard InChI is InChI=1S/C19H17BrN2O3/c1-25-15-5-2-9(6-14(15)20)8-21-22-18(23)16-10-3-4-11(13-7-12(10)13)17(16)19(22)24/h2-6,8,10-13,16-17H,7H2,1H3/b21-8-/t10-,11-,12-,13-,16-,17+/m1/s1. The van der Waals surface area contributed by atoms with Crippen LogP contribution in [0.25, 0.3) is 0 Å². The second-order valence-electron chi connectivity index (χ2n) is 7.28. The van der Waals surface area contributed by atoms with E-state index in [1.165, 1.54) is 6.42 Å². The van der Waals surface area contributed by atoms with Gasteiger partial charge in [-0.2, -0.15) is 10.1 Å². The maximum Gasteiger partial charge on any atom is 0.254 e. The van der Waals surface area contributed by atoms with Crippen LogP contribution in [0.5, 0.6) is 5.75 Å². The van der Waals surface area contributed by atoms with Gasteiger partial charge in [0.15, 0.2) is 0 Å². The van der Waals surface area contributed by atoms with E-state index in [4.69, 9.17) is 4.74 Å². The van der Waals surface area contributed by atoms with Gasteiger partial charge >= 0.3 is 0 Å². The van der Waals surface area contributed by atoms with E-state index in [9.17, 15) is 9.59 Å². The molecule has 1 aliphatic heterocycles. The van der Waals surface area contributed by atoms with Gasteiger partial charge in [0.1, 0.15) is 5.75 Å². The third kappa shape index (κ3) is 2.09. The lowest BCUT2D eigenvalue weighted by Gasteiger charge is -2.37. The Labute approximate surface area is 153 Å². The number of rotatable bonds is 3. The van der Waals surface area contributed by atoms with E-state index in [0.717, 1.165) is 20.8 Å². The summed E-state index contributed by atoms with van der Waals surface area (Å²) in [5, 5.41) is 5.34. The molecule has 0 spiro atoms. The van der Waals surface area contributed by atoms with Crippen molar-refractivity contribution < 1.29 is 14.3 Å². The third-order valence-corrected chi connectivity index (χ3v) is 6.76. The lowest BCUT2D eigenvalue weighted by molar-refractivity contribution is -0.140. The molecule has 1 aromatic carbocycles. The number of imide groups is 1. The summed E-state index contributed by atoms with van der Waals surface area (Å²) in [5.74, 6) is 1.71. The number of hydrogen-bond acceptors (Lipinski definition) is 4. The molecule has 0 unspecified atom stereocenters. The van der Waals surface area contributed by atoms with Crippen LogP contribution in [0.15, 0.2) is 39.9 Å². The monoisotopic (exact) mass is 400 g/mol. The molecule has 6 heteroatoms. The quantitative estimate of drug-likeness (QED) is 0.445. The fourth-order valence-corrected chi connectivity index (χ4v) is 5.50. The van der Waals surface area contributed by atoms with Crippen LogP contribution in [-0.4, -0.2) is 30.1 Å². The Morgan fingerprint density at radius 1 is 1.16 bits per heavy atom. The molecule has 6 rings (SSSR count). The predicted octanol–water partition coefficient (Wildman–Crippen LogP) is 2.84. The van der Waals surface area contributed by atoms with Crippen molar-refractivity contribution in [1.82, 2.24) is 5.01 Å². The number of halogens is 1. The van der Waals surface area contributed by atoms with Gasteiger partial charge in [-0.05, 0) is 69.8 Å². The molecule has 5 nitrogen and oxygen atoms in total. The normalized spacial score (nSPS) is 37.6. The molecule has 128 valence electrons. The van der Waals surface area contributed by atoms with Crippen molar-refractivity contribution in [2.24, 2.45) is 40.6 Å². The molecule has 2 saturated carbocycles. The number of hydrazone groups is 1. The van der Waals surface area contributed by atoms with Crippen molar-refractivity contribution in [3.8, 4) is 5.75 Å². The second kappa shape index (κ2) is 5.27. The Bertz CT molecular complexity index is 813. The van der Waals surface area contributed by atoms with Crippen LogP contribution >= 0.6 is 15.9 Å². The minimum atomic E-state index is -0.203. The summed E-state index contributed by atoms with van der Waals surface area (Å²) < 4.78 is 6.00. The maximum atomic E-state index is 12.8. The number of ether oxygens (including phenoxy) is 1. The summed E-state index contributed by atoms with van der Waals surface area (Å²) in [6.45, 7) is 0. The predicted molar refractivity (Wildman–Crippen MR) is 94.8 cm³/mol. The summed E-state index contributed by atoms with van der Waals surface area (Å²) in [6.07, 6.45) is 7.06. The van der Waals surface area contributed by atoms with Crippen LogP contribution < -0.4 is 4.74 Å². The highest BCUT2D eigenvalue weighted by atomic mass is 79.9. The fraction of sp³-hybridized carbons (Fsp3) is 0.421. The average molecular weight is 401 g/mol. The molecule has 1 saturated heterocycles. The zero-order chi connectivity index (χ0) is 17.3. The van der Waals surface area contributed by atoms with Crippen LogP contribution in [0.2, 0.25) is 0 Å². The Hall–Kier alpha value is -1.95. The molecule has 0 radical (unpaired) electrons. The molecule has 0 aromatic heterocycles. The summed E-state index contributed by atoms with van der Waals surface area (Å²) in [6, 6.07) is 5.50. The number of nitrogens with zero attached hydrogens (tertiary/aromatic N) is 2. The SMILES string of the molecule is COc1ccc(/C=N\N2C(=O)[C@@H]3[C@@H]4C=C[C@H]([C@H]5C[C@H]45)[C@@H]3C2=O)cc1Br. The van der Waals surface area contributed by atoms with E-state index in [1.807, 2.05) is 18.2 Å². The minimum absolute atomic E-state index is 0.136. The van der Waals surface area contributed by atoms with Crippen LogP contribution in [0, 0.1) is 35.5 Å². The number of amides is 2. The van der Waals surface area contributed by atoms with Crippen molar-refractivity contribution in [3.63, 3.8) is 0 Å². The van der Waals surface area contributed by atoms with Gasteiger partial charge in [0.05, 0.1) is 29.6 Å². The molecule has 25 heavy (non-hydrogen) atoms. The molecule has 4 aliphatic carbocycles. The first-order valence-electron chi connectivity index (χ1n) is 8.54. The molecule has 2 amide bonds. The lowest BCUT2D eigenvalue weighted by Crippen LogP contribution is -2.40. The molecule has 3 fully saturated rings. The van der Waals surface area contributed by atoms with E-state index in [0.29, 0.717) is 11.8 Å². The van der Waals surface area contributed by atoms with Gasteiger partial charge in [-0.15, -0.1) is 0 Å². The van der Waals surface area contributed by atoms with Gasteiger partial charge in [0, 0.05) is 0 Å². The first-order chi connectivity index (χ1) is 12.1. The first kappa shape index (κ1) is 15.3. The van der Waals surface area contributed by atoms with Crippen LogP contribution in [0.1, 0.15) is 12.0 Å². The highest BCUT2D eigenvalue weighted by Gasteiger charge is 2.67. The van der Waals surface area contributed by atoms with Gasteiger partial charge in [0.25, 0.3) is 11.8 Å². The Morgan fingerprint density at radius 3 is 2.36 bits per heavy atom. The van der Waals surface area contributed by atoms with E-state index in [2.05, 4.69) is 33.2 Å². The zero-order valence-electron chi connectivity index (χ0n) is 13.6. The van der Waals surface area contributed by atoms with Crippen LogP contribution in [0.3, 0.4) is 0 Å². The second-order valence-corrected chi connectivity index (χ2v) is 8.14. The third-order valence-electron chi connectivity index (χ3n) is 6.14. The molecule has 0 N–H and O–H groups in total. The van der Waals surface area contributed by atoms with E-state index in [-0.39, 0.29) is 35.5 Å². The summed E-state index contributed by atoms with van der Waals surface area (Å²) >= 11 is 3.43. The zero-order valence-corrected chi connectivity index (χ0v) is 15.2. The van der Waals surface area contributed by atoms with Gasteiger partial charge in [-0.3, -0.25) is 9.59 Å². The molecule has 1 heterocycles. The topological polar surface area (TPSA) is 59.0 Å². The van der Waals surface area contributed by atoms with E-state index < -0.39 is 0 Å². The van der Waals surface area contributed by atoms with Crippen molar-refractivity contribution in [2.45, 2.75) is 6.42 Å². The van der Waals surface area contributed by atoms with Crippen molar-refractivity contribution in [3.05, 3.63) is 40.4 Å². The smallest absolute Gasteiger partial charge is 0.254 e. The van der Waals surface area contributed by atoms with Gasteiger partial charge in [-0.1, -0.05) is 12.2 Å². The van der Waals surface area contributed by atoms with Crippen molar-refractivity contribution >= 4 is 34.0 Å². The van der Waals surface area contributed by atoms with Crippen LogP contribution in [0.4, 0.5) is 0 Å². The lowest BCUT2D eigenvalue weighted by atomic mass is 9.63. The molecule has 6 atom stereocenters. The Kier molecular flexibility index (Phi) is 3.23. The minimum Gasteiger partial charge on any atom is -0.496 e. The van der Waals surface area contributed by atoms with Crippen molar-refractivity contribution in [2.75, 3.05) is 7.11 Å². The Balaban J connectivity index is 1.41. The van der Waals surface area contributed by atoms with E-state index >= 15 is 0 Å². The summed E-state index contributed by atoms with van der Waals surface area (Å²) in [5.41, 5.74) is 0.798. The number of hydrogen-bond donors (Lipinski definition) is 0. The number of methoxy groups -OCH3 is 1. The van der Waals surface area contributed by atoms with Crippen LogP contribution in [-0.2, 0) is 9.59 Å². The molecular formula is C19H17BrN2O3. The van der Waals surface area contributed by atoms with Gasteiger partial charge in [0.2, 0.25) is 0 Å².